The van der Waals surface area contributed by atoms with Gasteiger partial charge in [-0.2, -0.15) is 0 Å². The van der Waals surface area contributed by atoms with Gasteiger partial charge in [0.2, 0.25) is 0 Å². The van der Waals surface area contributed by atoms with E-state index in [-0.39, 0.29) is 11.3 Å². The SMILES string of the molecule is Cn1ccnc1Sc1ccc(N)c(C(=O)O)c1. The van der Waals surface area contributed by atoms with E-state index in [1.807, 2.05) is 17.8 Å². The van der Waals surface area contributed by atoms with Crippen molar-refractivity contribution in [2.24, 2.45) is 7.05 Å². The monoisotopic (exact) mass is 249 g/mol. The van der Waals surface area contributed by atoms with Crippen molar-refractivity contribution in [3.05, 3.63) is 36.2 Å². The summed E-state index contributed by atoms with van der Waals surface area (Å²) in [7, 11) is 1.88. The molecule has 0 unspecified atom stereocenters. The van der Waals surface area contributed by atoms with Gasteiger partial charge in [-0.15, -0.1) is 0 Å². The molecule has 88 valence electrons. The zero-order valence-corrected chi connectivity index (χ0v) is 9.94. The zero-order valence-electron chi connectivity index (χ0n) is 9.12. The van der Waals surface area contributed by atoms with E-state index in [0.29, 0.717) is 0 Å². The topological polar surface area (TPSA) is 81.1 Å². The minimum atomic E-state index is -1.02. The van der Waals surface area contributed by atoms with Crippen LogP contribution >= 0.6 is 11.8 Å². The van der Waals surface area contributed by atoms with Gasteiger partial charge in [-0.05, 0) is 18.2 Å². The van der Waals surface area contributed by atoms with Crippen molar-refractivity contribution in [1.29, 1.82) is 0 Å². The second-order valence-corrected chi connectivity index (χ2v) is 4.52. The van der Waals surface area contributed by atoms with Gasteiger partial charge in [0, 0.05) is 30.0 Å². The Labute approximate surface area is 102 Å². The Morgan fingerprint density at radius 2 is 2.29 bits per heavy atom. The fraction of sp³-hybridized carbons (Fsp3) is 0.0909. The van der Waals surface area contributed by atoms with Gasteiger partial charge >= 0.3 is 5.97 Å². The van der Waals surface area contributed by atoms with Crippen LogP contribution in [-0.2, 0) is 7.05 Å². The fourth-order valence-electron chi connectivity index (χ4n) is 1.34. The summed E-state index contributed by atoms with van der Waals surface area (Å²) in [4.78, 5) is 15.9. The Morgan fingerprint density at radius 1 is 1.53 bits per heavy atom. The molecule has 0 atom stereocenters. The Balaban J connectivity index is 2.32. The van der Waals surface area contributed by atoms with Crippen LogP contribution in [0.25, 0.3) is 0 Å². The van der Waals surface area contributed by atoms with Gasteiger partial charge in [-0.1, -0.05) is 11.8 Å². The molecule has 1 heterocycles. The fourth-order valence-corrected chi connectivity index (χ4v) is 2.18. The highest BCUT2D eigenvalue weighted by Crippen LogP contribution is 2.28. The second-order valence-electron chi connectivity index (χ2n) is 3.48. The molecule has 1 aromatic heterocycles. The lowest BCUT2D eigenvalue weighted by Crippen LogP contribution is -2.02. The number of hydrogen-bond donors (Lipinski definition) is 2. The van der Waals surface area contributed by atoms with E-state index < -0.39 is 5.97 Å². The highest BCUT2D eigenvalue weighted by atomic mass is 32.2. The standard InChI is InChI=1S/C11H11N3O2S/c1-14-5-4-13-11(14)17-7-2-3-9(12)8(6-7)10(15)16/h2-6H,12H2,1H3,(H,15,16). The summed E-state index contributed by atoms with van der Waals surface area (Å²) in [5.41, 5.74) is 5.96. The summed E-state index contributed by atoms with van der Waals surface area (Å²) in [6.45, 7) is 0. The van der Waals surface area contributed by atoms with Crippen LogP contribution < -0.4 is 5.73 Å². The molecule has 5 nitrogen and oxygen atoms in total. The number of nitrogens with zero attached hydrogens (tertiary/aromatic N) is 2. The van der Waals surface area contributed by atoms with Gasteiger partial charge in [0.1, 0.15) is 0 Å². The number of imidazole rings is 1. The number of carbonyl (C=O) groups is 1. The van der Waals surface area contributed by atoms with Gasteiger partial charge in [0.15, 0.2) is 5.16 Å². The zero-order chi connectivity index (χ0) is 12.4. The molecule has 2 rings (SSSR count). The number of hydrogen-bond acceptors (Lipinski definition) is 4. The van der Waals surface area contributed by atoms with E-state index in [2.05, 4.69) is 4.98 Å². The molecule has 0 bridgehead atoms. The van der Waals surface area contributed by atoms with Crippen LogP contribution in [0.5, 0.6) is 0 Å². The minimum Gasteiger partial charge on any atom is -0.478 e. The summed E-state index contributed by atoms with van der Waals surface area (Å²) in [5.74, 6) is -1.02. The van der Waals surface area contributed by atoms with Crippen molar-refractivity contribution in [3.63, 3.8) is 0 Å². The quantitative estimate of drug-likeness (QED) is 0.811. The van der Waals surface area contributed by atoms with E-state index in [1.54, 1.807) is 24.4 Å². The van der Waals surface area contributed by atoms with Crippen molar-refractivity contribution >= 4 is 23.4 Å². The number of benzene rings is 1. The van der Waals surface area contributed by atoms with Gasteiger partial charge in [-0.25, -0.2) is 9.78 Å². The first-order valence-corrected chi connectivity index (χ1v) is 5.67. The van der Waals surface area contributed by atoms with Crippen LogP contribution in [0.2, 0.25) is 0 Å². The number of carboxylic acids is 1. The molecule has 6 heteroatoms. The lowest BCUT2D eigenvalue weighted by molar-refractivity contribution is 0.0698. The second kappa shape index (κ2) is 4.50. The molecule has 0 aliphatic heterocycles. The Hall–Kier alpha value is -1.95. The number of nitrogens with two attached hydrogens (primary N) is 1. The van der Waals surface area contributed by atoms with Crippen LogP contribution in [0.1, 0.15) is 10.4 Å². The van der Waals surface area contributed by atoms with E-state index >= 15 is 0 Å². The molecule has 0 spiro atoms. The molecular weight excluding hydrogens is 238 g/mol. The molecular formula is C11H11N3O2S. The van der Waals surface area contributed by atoms with Crippen molar-refractivity contribution in [2.45, 2.75) is 10.1 Å². The molecule has 0 fully saturated rings. The maximum atomic E-state index is 10.9. The number of aryl methyl sites for hydroxylation is 1. The summed E-state index contributed by atoms with van der Waals surface area (Å²) in [5, 5.41) is 9.76. The molecule has 3 N–H and O–H groups in total. The van der Waals surface area contributed by atoms with Gasteiger partial charge in [-0.3, -0.25) is 0 Å². The molecule has 0 saturated carbocycles. The van der Waals surface area contributed by atoms with Crippen molar-refractivity contribution < 1.29 is 9.90 Å². The first-order valence-electron chi connectivity index (χ1n) is 4.86. The molecule has 0 radical (unpaired) electrons. The van der Waals surface area contributed by atoms with Gasteiger partial charge in [0.05, 0.1) is 5.56 Å². The normalized spacial score (nSPS) is 10.4. The third-order valence-electron chi connectivity index (χ3n) is 2.24. The first kappa shape index (κ1) is 11.5. The van der Waals surface area contributed by atoms with Crippen molar-refractivity contribution in [2.75, 3.05) is 5.73 Å². The average Bonchev–Trinajstić information content (AvgIpc) is 2.67. The van der Waals surface area contributed by atoms with Crippen LogP contribution in [0.3, 0.4) is 0 Å². The molecule has 1 aromatic carbocycles. The molecule has 17 heavy (non-hydrogen) atoms. The summed E-state index contributed by atoms with van der Waals surface area (Å²) in [6, 6.07) is 4.92. The molecule has 0 saturated heterocycles. The molecule has 2 aromatic rings. The predicted octanol–water partition coefficient (Wildman–Crippen LogP) is 1.85. The van der Waals surface area contributed by atoms with Crippen LogP contribution in [0, 0.1) is 0 Å². The highest BCUT2D eigenvalue weighted by Gasteiger charge is 2.10. The van der Waals surface area contributed by atoms with Crippen LogP contribution in [0.4, 0.5) is 5.69 Å². The van der Waals surface area contributed by atoms with E-state index in [0.717, 1.165) is 10.1 Å². The summed E-state index contributed by atoms with van der Waals surface area (Å²) < 4.78 is 1.86. The number of nitrogen functional groups attached to an aromatic ring is 1. The van der Waals surface area contributed by atoms with Crippen molar-refractivity contribution in [1.82, 2.24) is 9.55 Å². The lowest BCUT2D eigenvalue weighted by Gasteiger charge is -2.05. The molecule has 0 amide bonds. The van der Waals surface area contributed by atoms with E-state index in [1.165, 1.54) is 11.8 Å². The van der Waals surface area contributed by atoms with Crippen LogP contribution in [-0.4, -0.2) is 20.6 Å². The Kier molecular flexibility index (Phi) is 3.06. The number of anilines is 1. The summed E-state index contributed by atoms with van der Waals surface area (Å²) in [6.07, 6.45) is 3.52. The lowest BCUT2D eigenvalue weighted by atomic mass is 10.2. The van der Waals surface area contributed by atoms with Crippen molar-refractivity contribution in [3.8, 4) is 0 Å². The van der Waals surface area contributed by atoms with E-state index in [4.69, 9.17) is 10.8 Å². The Bertz CT molecular complexity index is 566. The molecule has 0 aliphatic carbocycles. The third-order valence-corrected chi connectivity index (χ3v) is 3.31. The number of carboxylic acid groups (broad SMARTS) is 1. The number of aromatic carboxylic acids is 1. The third kappa shape index (κ3) is 2.42. The van der Waals surface area contributed by atoms with Gasteiger partial charge in [0.25, 0.3) is 0 Å². The van der Waals surface area contributed by atoms with E-state index in [9.17, 15) is 4.79 Å². The highest BCUT2D eigenvalue weighted by molar-refractivity contribution is 7.99. The van der Waals surface area contributed by atoms with Crippen LogP contribution in [0.15, 0.2) is 40.6 Å². The molecule has 0 aliphatic rings. The Morgan fingerprint density at radius 3 is 2.88 bits per heavy atom. The maximum Gasteiger partial charge on any atom is 0.337 e. The number of aromatic nitrogens is 2. The first-order chi connectivity index (χ1) is 8.08. The summed E-state index contributed by atoms with van der Waals surface area (Å²) >= 11 is 1.39. The number of rotatable bonds is 3. The average molecular weight is 249 g/mol. The minimum absolute atomic E-state index is 0.115. The predicted molar refractivity (Wildman–Crippen MR) is 65.1 cm³/mol. The van der Waals surface area contributed by atoms with Gasteiger partial charge < -0.3 is 15.4 Å². The maximum absolute atomic E-state index is 10.9. The smallest absolute Gasteiger partial charge is 0.337 e. The largest absolute Gasteiger partial charge is 0.478 e.